The number of aromatic nitrogens is 1. The summed E-state index contributed by atoms with van der Waals surface area (Å²) in [5.74, 6) is -0.270. The number of rotatable bonds is 5. The molecular formula is C15H16N2O2. The summed E-state index contributed by atoms with van der Waals surface area (Å²) in [6.07, 6.45) is 2.55. The van der Waals surface area contributed by atoms with Crippen LogP contribution in [0.15, 0.2) is 48.7 Å². The number of carbonyl (C=O) groups is 1. The van der Waals surface area contributed by atoms with Crippen LogP contribution in [0.2, 0.25) is 0 Å². The van der Waals surface area contributed by atoms with Crippen LogP contribution in [0.5, 0.6) is 0 Å². The molecule has 0 spiro atoms. The first kappa shape index (κ1) is 13.1. The zero-order valence-corrected chi connectivity index (χ0v) is 10.6. The predicted molar refractivity (Wildman–Crippen MR) is 73.5 cm³/mol. The van der Waals surface area contributed by atoms with Gasteiger partial charge in [0.2, 0.25) is 0 Å². The average molecular weight is 256 g/mol. The van der Waals surface area contributed by atoms with E-state index in [2.05, 4.69) is 4.98 Å². The second-order valence-electron chi connectivity index (χ2n) is 4.17. The van der Waals surface area contributed by atoms with Crippen LogP contribution in [0.1, 0.15) is 11.3 Å². The number of esters is 1. The third-order valence-corrected chi connectivity index (χ3v) is 2.74. The minimum Gasteiger partial charge on any atom is -0.465 e. The maximum atomic E-state index is 11.7. The maximum Gasteiger partial charge on any atom is 0.310 e. The Morgan fingerprint density at radius 2 is 1.95 bits per heavy atom. The highest BCUT2D eigenvalue weighted by Crippen LogP contribution is 2.11. The molecule has 0 saturated heterocycles. The molecule has 4 nitrogen and oxygen atoms in total. The number of nitrogen functional groups attached to an aromatic ring is 1. The Morgan fingerprint density at radius 3 is 2.68 bits per heavy atom. The molecule has 0 unspecified atom stereocenters. The van der Waals surface area contributed by atoms with Crippen LogP contribution < -0.4 is 5.73 Å². The molecule has 0 amide bonds. The van der Waals surface area contributed by atoms with Crippen LogP contribution in [0.25, 0.3) is 0 Å². The third kappa shape index (κ3) is 4.10. The molecule has 2 N–H and O–H groups in total. The fourth-order valence-corrected chi connectivity index (χ4v) is 1.72. The van der Waals surface area contributed by atoms with Crippen molar-refractivity contribution in [3.63, 3.8) is 0 Å². The molecule has 0 atom stereocenters. The Morgan fingerprint density at radius 1 is 1.16 bits per heavy atom. The number of carbonyl (C=O) groups excluding carboxylic acids is 1. The number of benzene rings is 1. The number of pyridine rings is 1. The summed E-state index contributed by atoms with van der Waals surface area (Å²) in [7, 11) is 0. The number of nitrogens with zero attached hydrogens (tertiary/aromatic N) is 1. The normalized spacial score (nSPS) is 10.1. The molecule has 98 valence electrons. The van der Waals surface area contributed by atoms with Crippen molar-refractivity contribution in [2.45, 2.75) is 12.8 Å². The number of hydrogen-bond acceptors (Lipinski definition) is 4. The van der Waals surface area contributed by atoms with Gasteiger partial charge in [0.05, 0.1) is 13.0 Å². The molecule has 2 rings (SSSR count). The van der Waals surface area contributed by atoms with Gasteiger partial charge < -0.3 is 10.5 Å². The van der Waals surface area contributed by atoms with Gasteiger partial charge in [-0.05, 0) is 23.8 Å². The van der Waals surface area contributed by atoms with Crippen molar-refractivity contribution in [1.29, 1.82) is 0 Å². The zero-order chi connectivity index (χ0) is 13.5. The first-order chi connectivity index (χ1) is 9.25. The zero-order valence-electron chi connectivity index (χ0n) is 10.6. The molecule has 1 aromatic carbocycles. The summed E-state index contributed by atoms with van der Waals surface area (Å²) in [5, 5.41) is 0. The molecular weight excluding hydrogens is 240 g/mol. The first-order valence-electron chi connectivity index (χ1n) is 6.14. The van der Waals surface area contributed by atoms with E-state index >= 15 is 0 Å². The van der Waals surface area contributed by atoms with Gasteiger partial charge in [0.25, 0.3) is 0 Å². The van der Waals surface area contributed by atoms with Crippen LogP contribution in [0, 0.1) is 0 Å². The Kier molecular flexibility index (Phi) is 4.50. The van der Waals surface area contributed by atoms with Gasteiger partial charge in [0, 0.05) is 24.0 Å². The predicted octanol–water partition coefficient (Wildman–Crippen LogP) is 1.99. The fourth-order valence-electron chi connectivity index (χ4n) is 1.72. The quantitative estimate of drug-likeness (QED) is 0.656. The minimum absolute atomic E-state index is 0.203. The summed E-state index contributed by atoms with van der Waals surface area (Å²) in [6, 6.07) is 13.0. The molecule has 0 aliphatic heterocycles. The molecule has 0 fully saturated rings. The van der Waals surface area contributed by atoms with E-state index in [1.807, 2.05) is 36.4 Å². The first-order valence-corrected chi connectivity index (χ1v) is 6.14. The Bertz CT molecular complexity index is 541. The van der Waals surface area contributed by atoms with Crippen LogP contribution in [-0.2, 0) is 22.4 Å². The summed E-state index contributed by atoms with van der Waals surface area (Å²) in [4.78, 5) is 15.8. The number of nitrogens with two attached hydrogens (primary N) is 1. The van der Waals surface area contributed by atoms with Gasteiger partial charge in [-0.2, -0.15) is 0 Å². The maximum absolute atomic E-state index is 11.7. The van der Waals surface area contributed by atoms with Crippen molar-refractivity contribution in [3.8, 4) is 0 Å². The topological polar surface area (TPSA) is 65.2 Å². The van der Waals surface area contributed by atoms with E-state index in [4.69, 9.17) is 10.5 Å². The van der Waals surface area contributed by atoms with Crippen molar-refractivity contribution in [2.75, 3.05) is 12.3 Å². The Labute approximate surface area is 112 Å². The lowest BCUT2D eigenvalue weighted by Crippen LogP contribution is -2.11. The minimum atomic E-state index is -0.270. The molecule has 0 saturated carbocycles. The summed E-state index contributed by atoms with van der Waals surface area (Å²) in [6.45, 7) is 0.336. The van der Waals surface area contributed by atoms with Crippen molar-refractivity contribution >= 4 is 11.7 Å². The molecule has 0 aliphatic carbocycles. The van der Waals surface area contributed by atoms with E-state index in [-0.39, 0.29) is 12.4 Å². The van der Waals surface area contributed by atoms with Gasteiger partial charge in [-0.25, -0.2) is 0 Å². The van der Waals surface area contributed by atoms with E-state index in [9.17, 15) is 4.79 Å². The lowest BCUT2D eigenvalue weighted by molar-refractivity contribution is -0.142. The molecule has 2 aromatic rings. The summed E-state index contributed by atoms with van der Waals surface area (Å²) < 4.78 is 5.17. The Balaban J connectivity index is 1.78. The van der Waals surface area contributed by atoms with Crippen LogP contribution in [0.3, 0.4) is 0 Å². The molecule has 0 radical (unpaired) electrons. The summed E-state index contributed by atoms with van der Waals surface area (Å²) in [5.41, 5.74) is 8.09. The molecule has 1 heterocycles. The standard InChI is InChI=1S/C15H16N2O2/c16-14-7-2-1-5-12(14)11-15(18)19-10-8-13-6-3-4-9-17-13/h1-7,9H,8,10-11,16H2. The van der Waals surface area contributed by atoms with E-state index in [1.165, 1.54) is 0 Å². The molecule has 0 aliphatic rings. The second-order valence-corrected chi connectivity index (χ2v) is 4.17. The van der Waals surface area contributed by atoms with Gasteiger partial charge in [-0.15, -0.1) is 0 Å². The Hall–Kier alpha value is -2.36. The second kappa shape index (κ2) is 6.54. The highest BCUT2D eigenvalue weighted by molar-refractivity contribution is 5.74. The smallest absolute Gasteiger partial charge is 0.310 e. The van der Waals surface area contributed by atoms with Crippen molar-refractivity contribution in [2.24, 2.45) is 0 Å². The van der Waals surface area contributed by atoms with Gasteiger partial charge >= 0.3 is 5.97 Å². The average Bonchev–Trinajstić information content (AvgIpc) is 2.43. The SMILES string of the molecule is Nc1ccccc1CC(=O)OCCc1ccccn1. The van der Waals surface area contributed by atoms with Gasteiger partial charge in [-0.1, -0.05) is 24.3 Å². The number of anilines is 1. The van der Waals surface area contributed by atoms with Crippen molar-refractivity contribution < 1.29 is 9.53 Å². The number of hydrogen-bond donors (Lipinski definition) is 1. The van der Waals surface area contributed by atoms with Gasteiger partial charge in [0.15, 0.2) is 0 Å². The highest BCUT2D eigenvalue weighted by atomic mass is 16.5. The molecule has 4 heteroatoms. The van der Waals surface area contributed by atoms with Gasteiger partial charge in [-0.3, -0.25) is 9.78 Å². The van der Waals surface area contributed by atoms with E-state index in [1.54, 1.807) is 12.3 Å². The van der Waals surface area contributed by atoms with Crippen LogP contribution in [-0.4, -0.2) is 17.6 Å². The van der Waals surface area contributed by atoms with Crippen LogP contribution >= 0.6 is 0 Å². The van der Waals surface area contributed by atoms with Gasteiger partial charge in [0.1, 0.15) is 0 Å². The third-order valence-electron chi connectivity index (χ3n) is 2.74. The molecule has 19 heavy (non-hydrogen) atoms. The number of para-hydroxylation sites is 1. The van der Waals surface area contributed by atoms with E-state index in [0.29, 0.717) is 18.7 Å². The fraction of sp³-hybridized carbons (Fsp3) is 0.200. The highest BCUT2D eigenvalue weighted by Gasteiger charge is 2.07. The monoisotopic (exact) mass is 256 g/mol. The van der Waals surface area contributed by atoms with Crippen molar-refractivity contribution in [3.05, 3.63) is 59.9 Å². The largest absolute Gasteiger partial charge is 0.465 e. The van der Waals surface area contributed by atoms with Crippen LogP contribution in [0.4, 0.5) is 5.69 Å². The summed E-state index contributed by atoms with van der Waals surface area (Å²) >= 11 is 0. The lowest BCUT2D eigenvalue weighted by atomic mass is 10.1. The van der Waals surface area contributed by atoms with E-state index in [0.717, 1.165) is 11.3 Å². The van der Waals surface area contributed by atoms with Crippen molar-refractivity contribution in [1.82, 2.24) is 4.98 Å². The molecule has 0 bridgehead atoms. The molecule has 1 aromatic heterocycles. The lowest BCUT2D eigenvalue weighted by Gasteiger charge is -2.06. The number of ether oxygens (including phenoxy) is 1. The van der Waals surface area contributed by atoms with E-state index < -0.39 is 0 Å².